The lowest BCUT2D eigenvalue weighted by Gasteiger charge is -2.31. The van der Waals surface area contributed by atoms with Crippen molar-refractivity contribution in [3.05, 3.63) is 28.2 Å². The van der Waals surface area contributed by atoms with Gasteiger partial charge < -0.3 is 15.0 Å². The first-order chi connectivity index (χ1) is 9.63. The lowest BCUT2D eigenvalue weighted by molar-refractivity contribution is 0.0909. The predicted octanol–water partition coefficient (Wildman–Crippen LogP) is 2.67. The molecular formula is C15H21BrN2O2. The smallest absolute Gasteiger partial charge is 0.255 e. The molecule has 0 bridgehead atoms. The second kappa shape index (κ2) is 7.09. The molecule has 1 aliphatic heterocycles. The molecule has 0 radical (unpaired) electrons. The molecule has 0 aliphatic carbocycles. The molecule has 1 aromatic carbocycles. The predicted molar refractivity (Wildman–Crippen MR) is 83.3 cm³/mol. The first-order valence-corrected chi connectivity index (χ1v) is 7.80. The van der Waals surface area contributed by atoms with Crippen LogP contribution in [0.3, 0.4) is 0 Å². The van der Waals surface area contributed by atoms with E-state index >= 15 is 0 Å². The molecule has 2 rings (SSSR count). The van der Waals surface area contributed by atoms with E-state index in [1.807, 2.05) is 12.1 Å². The van der Waals surface area contributed by atoms with Gasteiger partial charge in [0.15, 0.2) is 0 Å². The van der Waals surface area contributed by atoms with E-state index in [4.69, 9.17) is 4.74 Å². The Morgan fingerprint density at radius 1 is 1.45 bits per heavy atom. The van der Waals surface area contributed by atoms with Gasteiger partial charge in [0.25, 0.3) is 5.91 Å². The highest BCUT2D eigenvalue weighted by Crippen LogP contribution is 2.23. The number of carbonyl (C=O) groups is 1. The largest absolute Gasteiger partial charge is 0.496 e. The van der Waals surface area contributed by atoms with Gasteiger partial charge in [-0.25, -0.2) is 0 Å². The van der Waals surface area contributed by atoms with Gasteiger partial charge in [-0.15, -0.1) is 0 Å². The molecule has 0 atom stereocenters. The molecule has 1 heterocycles. The molecule has 20 heavy (non-hydrogen) atoms. The number of benzene rings is 1. The molecule has 1 fully saturated rings. The normalized spacial score (nSPS) is 16.9. The highest BCUT2D eigenvalue weighted by molar-refractivity contribution is 9.10. The number of carbonyl (C=O) groups excluding carboxylic acids is 1. The van der Waals surface area contributed by atoms with Crippen molar-refractivity contribution in [1.82, 2.24) is 10.2 Å². The third-order valence-electron chi connectivity index (χ3n) is 3.78. The molecule has 5 heteroatoms. The molecule has 1 saturated heterocycles. The Morgan fingerprint density at radius 2 is 2.15 bits per heavy atom. The summed E-state index contributed by atoms with van der Waals surface area (Å²) in [5.41, 5.74) is 0.591. The number of likely N-dealkylation sites (tertiary alicyclic amines) is 1. The Hall–Kier alpha value is -1.07. The van der Waals surface area contributed by atoms with Crippen LogP contribution in [0.4, 0.5) is 0 Å². The van der Waals surface area contributed by atoms with E-state index in [0.29, 0.717) is 11.3 Å². The average Bonchev–Trinajstić information content (AvgIpc) is 2.47. The molecule has 0 unspecified atom stereocenters. The van der Waals surface area contributed by atoms with Crippen LogP contribution in [0, 0.1) is 0 Å². The number of hydrogen-bond donors (Lipinski definition) is 1. The van der Waals surface area contributed by atoms with Gasteiger partial charge in [-0.1, -0.05) is 22.9 Å². The number of nitrogens with one attached hydrogen (secondary N) is 1. The van der Waals surface area contributed by atoms with Crippen LogP contribution >= 0.6 is 15.9 Å². The second-order valence-electron chi connectivity index (χ2n) is 5.03. The highest BCUT2D eigenvalue weighted by atomic mass is 79.9. The van der Waals surface area contributed by atoms with Gasteiger partial charge in [-0.05, 0) is 37.6 Å². The zero-order valence-electron chi connectivity index (χ0n) is 12.0. The number of nitrogens with zero attached hydrogens (tertiary/aromatic N) is 1. The second-order valence-corrected chi connectivity index (χ2v) is 5.94. The molecule has 1 N–H and O–H groups in total. The summed E-state index contributed by atoms with van der Waals surface area (Å²) in [6.45, 7) is 5.37. The number of piperidine rings is 1. The lowest BCUT2D eigenvalue weighted by Crippen LogP contribution is -2.44. The van der Waals surface area contributed by atoms with Crippen LogP contribution in [0.15, 0.2) is 22.7 Å². The molecule has 110 valence electrons. The van der Waals surface area contributed by atoms with Crippen molar-refractivity contribution in [3.8, 4) is 5.75 Å². The minimum Gasteiger partial charge on any atom is -0.496 e. The average molecular weight is 341 g/mol. The summed E-state index contributed by atoms with van der Waals surface area (Å²) in [6, 6.07) is 5.73. The van der Waals surface area contributed by atoms with Gasteiger partial charge in [0.2, 0.25) is 0 Å². The molecule has 1 aromatic rings. The fourth-order valence-corrected chi connectivity index (χ4v) is 2.85. The van der Waals surface area contributed by atoms with Crippen LogP contribution in [0.2, 0.25) is 0 Å². The maximum absolute atomic E-state index is 12.3. The highest BCUT2D eigenvalue weighted by Gasteiger charge is 2.21. The summed E-state index contributed by atoms with van der Waals surface area (Å²) < 4.78 is 6.18. The third-order valence-corrected chi connectivity index (χ3v) is 4.27. The molecule has 0 spiro atoms. The first kappa shape index (κ1) is 15.3. The SMILES string of the molecule is CCN1CCC(NC(=O)c2ccc(Br)cc2OC)CC1. The Labute approximate surface area is 128 Å². The van der Waals surface area contributed by atoms with Gasteiger partial charge >= 0.3 is 0 Å². The van der Waals surface area contributed by atoms with Crippen molar-refractivity contribution < 1.29 is 9.53 Å². The Balaban J connectivity index is 1.98. The van der Waals surface area contributed by atoms with Crippen LogP contribution in [0.1, 0.15) is 30.1 Å². The first-order valence-electron chi connectivity index (χ1n) is 7.00. The molecule has 0 aromatic heterocycles. The molecule has 4 nitrogen and oxygen atoms in total. The topological polar surface area (TPSA) is 41.6 Å². The third kappa shape index (κ3) is 3.73. The number of halogens is 1. The Morgan fingerprint density at radius 3 is 2.75 bits per heavy atom. The fraction of sp³-hybridized carbons (Fsp3) is 0.533. The number of methoxy groups -OCH3 is 1. The van der Waals surface area contributed by atoms with Crippen LogP contribution in [0.5, 0.6) is 5.75 Å². The lowest BCUT2D eigenvalue weighted by atomic mass is 10.0. The van der Waals surface area contributed by atoms with Gasteiger partial charge in [-0.3, -0.25) is 4.79 Å². The minimum absolute atomic E-state index is 0.0516. The van der Waals surface area contributed by atoms with E-state index in [2.05, 4.69) is 33.1 Å². The quantitative estimate of drug-likeness (QED) is 0.916. The maximum Gasteiger partial charge on any atom is 0.255 e. The van der Waals surface area contributed by atoms with Gasteiger partial charge in [0, 0.05) is 23.6 Å². The number of hydrogen-bond acceptors (Lipinski definition) is 3. The standard InChI is InChI=1S/C15H21BrN2O2/c1-3-18-8-6-12(7-9-18)17-15(19)13-5-4-11(16)10-14(13)20-2/h4-5,10,12H,3,6-9H2,1-2H3,(H,17,19). The maximum atomic E-state index is 12.3. The van der Waals surface area contributed by atoms with Crippen molar-refractivity contribution >= 4 is 21.8 Å². The van der Waals surface area contributed by atoms with Gasteiger partial charge in [0.05, 0.1) is 12.7 Å². The van der Waals surface area contributed by atoms with Crippen LogP contribution in [0.25, 0.3) is 0 Å². The van der Waals surface area contributed by atoms with Crippen molar-refractivity contribution in [2.75, 3.05) is 26.7 Å². The molecule has 0 saturated carbocycles. The van der Waals surface area contributed by atoms with Gasteiger partial charge in [-0.2, -0.15) is 0 Å². The summed E-state index contributed by atoms with van der Waals surface area (Å²) in [7, 11) is 1.58. The molecule has 1 amide bonds. The van der Waals surface area contributed by atoms with E-state index in [1.165, 1.54) is 0 Å². The number of ether oxygens (including phenoxy) is 1. The minimum atomic E-state index is -0.0516. The van der Waals surface area contributed by atoms with Crippen LogP contribution in [-0.4, -0.2) is 43.6 Å². The van der Waals surface area contributed by atoms with Crippen LogP contribution in [-0.2, 0) is 0 Å². The Bertz CT molecular complexity index is 471. The summed E-state index contributed by atoms with van der Waals surface area (Å²) in [5, 5.41) is 3.11. The fourth-order valence-electron chi connectivity index (χ4n) is 2.51. The zero-order valence-corrected chi connectivity index (χ0v) is 13.6. The van der Waals surface area contributed by atoms with E-state index in [0.717, 1.165) is 36.9 Å². The van der Waals surface area contributed by atoms with E-state index in [9.17, 15) is 4.79 Å². The van der Waals surface area contributed by atoms with E-state index in [-0.39, 0.29) is 11.9 Å². The van der Waals surface area contributed by atoms with Crippen molar-refractivity contribution in [3.63, 3.8) is 0 Å². The Kier molecular flexibility index (Phi) is 5.43. The molecular weight excluding hydrogens is 320 g/mol. The summed E-state index contributed by atoms with van der Waals surface area (Å²) in [4.78, 5) is 14.7. The van der Waals surface area contributed by atoms with E-state index < -0.39 is 0 Å². The van der Waals surface area contributed by atoms with E-state index in [1.54, 1.807) is 13.2 Å². The zero-order chi connectivity index (χ0) is 14.5. The van der Waals surface area contributed by atoms with Crippen LogP contribution < -0.4 is 10.1 Å². The summed E-state index contributed by atoms with van der Waals surface area (Å²) >= 11 is 3.38. The monoisotopic (exact) mass is 340 g/mol. The number of amides is 1. The van der Waals surface area contributed by atoms with Crippen molar-refractivity contribution in [1.29, 1.82) is 0 Å². The van der Waals surface area contributed by atoms with Crippen molar-refractivity contribution in [2.24, 2.45) is 0 Å². The van der Waals surface area contributed by atoms with Crippen molar-refractivity contribution in [2.45, 2.75) is 25.8 Å². The summed E-state index contributed by atoms with van der Waals surface area (Å²) in [6.07, 6.45) is 2.02. The number of rotatable bonds is 4. The van der Waals surface area contributed by atoms with Gasteiger partial charge in [0.1, 0.15) is 5.75 Å². The molecule has 1 aliphatic rings. The summed E-state index contributed by atoms with van der Waals surface area (Å²) in [5.74, 6) is 0.548.